The molecule has 3 aromatic rings. The third-order valence-corrected chi connectivity index (χ3v) is 6.18. The molecule has 3 amide bonds. The molecule has 3 N–H and O–H groups in total. The normalized spacial score (nSPS) is 11.6. The molecular weight excluding hydrogens is 484 g/mol. The van der Waals surface area contributed by atoms with E-state index in [-0.39, 0.29) is 12.1 Å². The molecule has 0 radical (unpaired) electrons. The van der Waals surface area contributed by atoms with Crippen LogP contribution in [0.25, 0.3) is 0 Å². The number of rotatable bonds is 10. The van der Waals surface area contributed by atoms with Crippen LogP contribution in [0.4, 0.5) is 16.2 Å². The second-order valence-corrected chi connectivity index (χ2v) is 9.17. The molecule has 0 aliphatic heterocycles. The summed E-state index contributed by atoms with van der Waals surface area (Å²) in [7, 11) is 0.274. The van der Waals surface area contributed by atoms with Gasteiger partial charge in [0.2, 0.25) is 5.91 Å². The first kappa shape index (κ1) is 26.4. The van der Waals surface area contributed by atoms with Crippen molar-refractivity contribution in [1.82, 2.24) is 10.0 Å². The van der Waals surface area contributed by atoms with Gasteiger partial charge in [-0.15, -0.1) is 0 Å². The van der Waals surface area contributed by atoms with Crippen molar-refractivity contribution in [3.63, 3.8) is 0 Å². The fraction of sp³-hybridized carbons (Fsp3) is 0.200. The van der Waals surface area contributed by atoms with Crippen LogP contribution < -0.4 is 29.1 Å². The molecule has 36 heavy (non-hydrogen) atoms. The zero-order valence-electron chi connectivity index (χ0n) is 20.1. The maximum Gasteiger partial charge on any atom is 0.330 e. The lowest BCUT2D eigenvalue weighted by Crippen LogP contribution is -2.53. The summed E-state index contributed by atoms with van der Waals surface area (Å²) in [4.78, 5) is 27.4. The van der Waals surface area contributed by atoms with Crippen molar-refractivity contribution >= 4 is 33.5 Å². The molecule has 190 valence electrons. The highest BCUT2D eigenvalue weighted by molar-refractivity contribution is 7.91. The van der Waals surface area contributed by atoms with Crippen LogP contribution in [0.15, 0.2) is 78.9 Å². The van der Waals surface area contributed by atoms with Crippen molar-refractivity contribution in [1.29, 1.82) is 0 Å². The van der Waals surface area contributed by atoms with Gasteiger partial charge < -0.3 is 19.7 Å². The summed E-state index contributed by atoms with van der Waals surface area (Å²) in [6.45, 7) is 0. The van der Waals surface area contributed by atoms with E-state index in [0.29, 0.717) is 17.2 Å². The van der Waals surface area contributed by atoms with Crippen molar-refractivity contribution in [3.05, 3.63) is 84.4 Å². The van der Waals surface area contributed by atoms with Crippen LogP contribution in [0.5, 0.6) is 11.5 Å². The highest BCUT2D eigenvalue weighted by atomic mass is 32.2. The molecule has 0 aromatic heterocycles. The summed E-state index contributed by atoms with van der Waals surface area (Å²) in [5, 5.41) is 2.49. The lowest BCUT2D eigenvalue weighted by atomic mass is 10.0. The van der Waals surface area contributed by atoms with E-state index in [9.17, 15) is 18.0 Å². The van der Waals surface area contributed by atoms with Crippen LogP contribution in [0.1, 0.15) is 5.56 Å². The first-order valence-electron chi connectivity index (χ1n) is 10.9. The van der Waals surface area contributed by atoms with Crippen LogP contribution in [-0.2, 0) is 21.4 Å². The summed E-state index contributed by atoms with van der Waals surface area (Å²) >= 11 is 0. The Kier molecular flexibility index (Phi) is 8.74. The molecule has 0 heterocycles. The lowest BCUT2D eigenvalue weighted by Gasteiger charge is -2.25. The molecule has 0 spiro atoms. The molecule has 0 aliphatic carbocycles. The molecule has 0 saturated heterocycles. The van der Waals surface area contributed by atoms with Gasteiger partial charge in [-0.3, -0.25) is 9.52 Å². The number of benzene rings is 3. The summed E-state index contributed by atoms with van der Waals surface area (Å²) in [6.07, 6.45) is 0.150. The minimum absolute atomic E-state index is 0.150. The molecule has 1 atom stereocenters. The standard InChI is InChI=1S/C25H28N4O6S/c1-29(20-12-14-21(34-2)15-13-20)24(30)23(16-18-8-5-4-6-9-18)26-25(31)28-36(32,33)27-19-10-7-11-22(17-19)35-3/h4-15,17,23,27H,16H2,1-3H3,(H2,26,28,31). The number of carbonyl (C=O) groups is 2. The van der Waals surface area contributed by atoms with E-state index < -0.39 is 28.2 Å². The summed E-state index contributed by atoms with van der Waals surface area (Å²) < 4.78 is 39.4. The van der Waals surface area contributed by atoms with Crippen molar-refractivity contribution in [2.75, 3.05) is 30.9 Å². The monoisotopic (exact) mass is 512 g/mol. The number of methoxy groups -OCH3 is 2. The number of urea groups is 1. The zero-order chi connectivity index (χ0) is 26.1. The number of amides is 3. The number of likely N-dealkylation sites (N-methyl/N-ethyl adjacent to an activating group) is 1. The quantitative estimate of drug-likeness (QED) is 0.384. The highest BCUT2D eigenvalue weighted by Crippen LogP contribution is 2.20. The second kappa shape index (κ2) is 11.9. The molecule has 0 aliphatic rings. The van der Waals surface area contributed by atoms with Gasteiger partial charge in [0.15, 0.2) is 0 Å². The van der Waals surface area contributed by atoms with Gasteiger partial charge in [-0.05, 0) is 42.0 Å². The molecule has 3 aromatic carbocycles. The number of hydrogen-bond acceptors (Lipinski definition) is 6. The molecule has 0 fully saturated rings. The molecule has 0 bridgehead atoms. The van der Waals surface area contributed by atoms with E-state index in [0.717, 1.165) is 5.56 Å². The fourth-order valence-electron chi connectivity index (χ4n) is 3.39. The van der Waals surface area contributed by atoms with Crippen LogP contribution in [0.2, 0.25) is 0 Å². The molecular formula is C25H28N4O6S. The smallest absolute Gasteiger partial charge is 0.330 e. The van der Waals surface area contributed by atoms with Crippen molar-refractivity contribution in [2.24, 2.45) is 0 Å². The SMILES string of the molecule is COc1ccc(N(C)C(=O)C(Cc2ccccc2)NC(=O)NS(=O)(=O)Nc2cccc(OC)c2)cc1. The Balaban J connectivity index is 1.75. The Morgan fingerprint density at radius 3 is 2.19 bits per heavy atom. The van der Waals surface area contributed by atoms with Gasteiger partial charge in [0, 0.05) is 25.2 Å². The maximum absolute atomic E-state index is 13.3. The predicted molar refractivity (Wildman–Crippen MR) is 138 cm³/mol. The fourth-order valence-corrected chi connectivity index (χ4v) is 4.18. The van der Waals surface area contributed by atoms with Crippen molar-refractivity contribution in [2.45, 2.75) is 12.5 Å². The molecule has 10 nitrogen and oxygen atoms in total. The first-order chi connectivity index (χ1) is 17.2. The van der Waals surface area contributed by atoms with E-state index in [1.807, 2.05) is 35.1 Å². The number of ether oxygens (including phenoxy) is 2. The topological polar surface area (TPSA) is 126 Å². The van der Waals surface area contributed by atoms with E-state index in [2.05, 4.69) is 10.0 Å². The Labute approximate surface area is 210 Å². The lowest BCUT2D eigenvalue weighted by molar-refractivity contribution is -0.120. The number of carbonyl (C=O) groups excluding carboxylic acids is 2. The molecule has 1 unspecified atom stereocenters. The minimum Gasteiger partial charge on any atom is -0.497 e. The van der Waals surface area contributed by atoms with Crippen molar-refractivity contribution < 1.29 is 27.5 Å². The number of nitrogens with one attached hydrogen (secondary N) is 3. The highest BCUT2D eigenvalue weighted by Gasteiger charge is 2.27. The van der Waals surface area contributed by atoms with Gasteiger partial charge in [0.1, 0.15) is 17.5 Å². The van der Waals surface area contributed by atoms with Crippen molar-refractivity contribution in [3.8, 4) is 11.5 Å². The Bertz CT molecular complexity index is 1280. The first-order valence-corrected chi connectivity index (χ1v) is 12.4. The molecule has 11 heteroatoms. The molecule has 0 saturated carbocycles. The van der Waals surface area contributed by atoms with E-state index in [1.54, 1.807) is 50.6 Å². The zero-order valence-corrected chi connectivity index (χ0v) is 20.9. The van der Waals surface area contributed by atoms with E-state index >= 15 is 0 Å². The average Bonchev–Trinajstić information content (AvgIpc) is 2.87. The third kappa shape index (κ3) is 7.37. The van der Waals surface area contributed by atoms with Gasteiger partial charge in [0.25, 0.3) is 0 Å². The minimum atomic E-state index is -4.29. The van der Waals surface area contributed by atoms with Gasteiger partial charge in [-0.1, -0.05) is 36.4 Å². The van der Waals surface area contributed by atoms with Gasteiger partial charge in [-0.2, -0.15) is 8.42 Å². The predicted octanol–water partition coefficient (Wildman–Crippen LogP) is 2.93. The van der Waals surface area contributed by atoms with Gasteiger partial charge >= 0.3 is 16.2 Å². The summed E-state index contributed by atoms with van der Waals surface area (Å²) in [5.41, 5.74) is 1.57. The number of hydrogen-bond donors (Lipinski definition) is 3. The largest absolute Gasteiger partial charge is 0.497 e. The Hall–Kier alpha value is -4.25. The number of anilines is 2. The van der Waals surface area contributed by atoms with Crippen LogP contribution in [-0.4, -0.2) is 47.7 Å². The third-order valence-electron chi connectivity index (χ3n) is 5.23. The van der Waals surface area contributed by atoms with Crippen LogP contribution >= 0.6 is 0 Å². The van der Waals surface area contributed by atoms with Crippen LogP contribution in [0.3, 0.4) is 0 Å². The van der Waals surface area contributed by atoms with Gasteiger partial charge in [0.05, 0.1) is 19.9 Å². The Morgan fingerprint density at radius 2 is 1.56 bits per heavy atom. The van der Waals surface area contributed by atoms with E-state index in [1.165, 1.54) is 24.1 Å². The number of nitrogens with zero attached hydrogens (tertiary/aromatic N) is 1. The maximum atomic E-state index is 13.3. The summed E-state index contributed by atoms with van der Waals surface area (Å²) in [6, 6.07) is 20.0. The second-order valence-electron chi connectivity index (χ2n) is 7.75. The van der Waals surface area contributed by atoms with Crippen LogP contribution in [0, 0.1) is 0 Å². The van der Waals surface area contributed by atoms with Gasteiger partial charge in [-0.25, -0.2) is 9.52 Å². The Morgan fingerprint density at radius 1 is 0.889 bits per heavy atom. The summed E-state index contributed by atoms with van der Waals surface area (Å²) in [5.74, 6) is 0.638. The average molecular weight is 513 g/mol. The van der Waals surface area contributed by atoms with E-state index in [4.69, 9.17) is 9.47 Å². The molecule has 3 rings (SSSR count).